The topological polar surface area (TPSA) is 62.2 Å². The number of aromatic nitrogens is 1. The maximum Gasteiger partial charge on any atom is 0.335 e. The number of nitrogens with zero attached hydrogens (tertiary/aromatic N) is 1. The number of aryl methyl sites for hydroxylation is 2. The summed E-state index contributed by atoms with van der Waals surface area (Å²) in [5.74, 6) is -0.935. The van der Waals surface area contributed by atoms with Gasteiger partial charge in [-0.05, 0) is 50.2 Å². The van der Waals surface area contributed by atoms with Crippen molar-refractivity contribution in [2.24, 2.45) is 0 Å². The molecule has 0 fully saturated rings. The molecule has 0 saturated carbocycles. The lowest BCUT2D eigenvalue weighted by Gasteiger charge is -2.12. The summed E-state index contributed by atoms with van der Waals surface area (Å²) in [4.78, 5) is 15.6. The first kappa shape index (κ1) is 14.1. The molecular formula is C18H16N2O2. The van der Waals surface area contributed by atoms with Crippen LogP contribution in [0.25, 0.3) is 10.9 Å². The number of fused-ring (bicyclic) bond motifs is 1. The Morgan fingerprint density at radius 2 is 1.91 bits per heavy atom. The first-order valence-electron chi connectivity index (χ1n) is 7.01. The van der Waals surface area contributed by atoms with Crippen LogP contribution in [0.2, 0.25) is 0 Å². The number of carboxylic acids is 1. The average Bonchev–Trinajstić information content (AvgIpc) is 2.48. The van der Waals surface area contributed by atoms with Crippen LogP contribution in [-0.4, -0.2) is 16.1 Å². The second kappa shape index (κ2) is 5.48. The predicted molar refractivity (Wildman–Crippen MR) is 87.9 cm³/mol. The number of aromatic carboxylic acids is 1. The van der Waals surface area contributed by atoms with Crippen molar-refractivity contribution >= 4 is 28.2 Å². The molecule has 0 amide bonds. The van der Waals surface area contributed by atoms with Crippen molar-refractivity contribution in [3.8, 4) is 0 Å². The van der Waals surface area contributed by atoms with Gasteiger partial charge < -0.3 is 10.4 Å². The number of carbonyl (C=O) groups is 1. The number of hydrogen-bond acceptors (Lipinski definition) is 3. The van der Waals surface area contributed by atoms with Gasteiger partial charge in [0.25, 0.3) is 0 Å². The minimum Gasteiger partial charge on any atom is -0.478 e. The fourth-order valence-corrected chi connectivity index (χ4v) is 2.46. The number of carboxylic acid groups (broad SMARTS) is 1. The molecule has 3 aromatic rings. The molecule has 0 saturated heterocycles. The summed E-state index contributed by atoms with van der Waals surface area (Å²) in [6, 6.07) is 14.9. The van der Waals surface area contributed by atoms with Crippen LogP contribution in [0.5, 0.6) is 0 Å². The summed E-state index contributed by atoms with van der Waals surface area (Å²) < 4.78 is 0. The van der Waals surface area contributed by atoms with Crippen molar-refractivity contribution in [2.75, 3.05) is 5.32 Å². The monoisotopic (exact) mass is 292 g/mol. The van der Waals surface area contributed by atoms with Crippen LogP contribution in [0, 0.1) is 13.8 Å². The van der Waals surface area contributed by atoms with Crippen molar-refractivity contribution in [1.82, 2.24) is 4.98 Å². The SMILES string of the molecule is Cc1ccc2nc(C)cc(Nc3cccc(C(=O)O)c3)c2c1. The van der Waals surface area contributed by atoms with Gasteiger partial charge in [-0.3, -0.25) is 4.98 Å². The van der Waals surface area contributed by atoms with Crippen LogP contribution >= 0.6 is 0 Å². The first-order chi connectivity index (χ1) is 10.5. The highest BCUT2D eigenvalue weighted by Gasteiger charge is 2.07. The summed E-state index contributed by atoms with van der Waals surface area (Å²) in [7, 11) is 0. The van der Waals surface area contributed by atoms with E-state index in [0.717, 1.165) is 33.5 Å². The molecule has 110 valence electrons. The zero-order valence-corrected chi connectivity index (χ0v) is 12.4. The second-order valence-corrected chi connectivity index (χ2v) is 5.34. The second-order valence-electron chi connectivity index (χ2n) is 5.34. The fourth-order valence-electron chi connectivity index (χ4n) is 2.46. The molecule has 3 rings (SSSR count). The number of pyridine rings is 1. The zero-order valence-electron chi connectivity index (χ0n) is 12.4. The van der Waals surface area contributed by atoms with Crippen molar-refractivity contribution in [3.05, 3.63) is 65.4 Å². The van der Waals surface area contributed by atoms with Gasteiger partial charge >= 0.3 is 5.97 Å². The molecule has 2 N–H and O–H groups in total. The highest BCUT2D eigenvalue weighted by molar-refractivity contribution is 5.94. The molecule has 0 atom stereocenters. The molecule has 22 heavy (non-hydrogen) atoms. The minimum absolute atomic E-state index is 0.260. The van der Waals surface area contributed by atoms with Gasteiger partial charge in [0.15, 0.2) is 0 Å². The van der Waals surface area contributed by atoms with Crippen molar-refractivity contribution in [1.29, 1.82) is 0 Å². The van der Waals surface area contributed by atoms with E-state index in [1.807, 2.05) is 38.1 Å². The Labute approximate surface area is 128 Å². The number of anilines is 2. The summed E-state index contributed by atoms with van der Waals surface area (Å²) in [5, 5.41) is 13.4. The van der Waals surface area contributed by atoms with Crippen LogP contribution in [0.1, 0.15) is 21.6 Å². The molecule has 1 heterocycles. The Hall–Kier alpha value is -2.88. The van der Waals surface area contributed by atoms with Crippen LogP contribution in [0.4, 0.5) is 11.4 Å². The Balaban J connectivity index is 2.08. The molecule has 0 unspecified atom stereocenters. The third-order valence-corrected chi connectivity index (χ3v) is 3.48. The van der Waals surface area contributed by atoms with E-state index in [9.17, 15) is 4.79 Å². The van der Waals surface area contributed by atoms with E-state index in [2.05, 4.69) is 16.4 Å². The van der Waals surface area contributed by atoms with Gasteiger partial charge in [0.1, 0.15) is 0 Å². The maximum atomic E-state index is 11.1. The molecule has 4 heteroatoms. The molecular weight excluding hydrogens is 276 g/mol. The lowest BCUT2D eigenvalue weighted by atomic mass is 10.1. The standard InChI is InChI=1S/C18H16N2O2/c1-11-6-7-16-15(8-11)17(9-12(2)19-16)20-14-5-3-4-13(10-14)18(21)22/h3-10H,1-2H3,(H,19,20)(H,21,22). The molecule has 0 bridgehead atoms. The van der Waals surface area contributed by atoms with Gasteiger partial charge in [0, 0.05) is 22.5 Å². The van der Waals surface area contributed by atoms with Crippen LogP contribution in [0.15, 0.2) is 48.5 Å². The van der Waals surface area contributed by atoms with Crippen molar-refractivity contribution in [3.63, 3.8) is 0 Å². The predicted octanol–water partition coefficient (Wildman–Crippen LogP) is 4.29. The molecule has 0 aliphatic carbocycles. The zero-order chi connectivity index (χ0) is 15.7. The molecule has 0 radical (unpaired) electrons. The molecule has 1 aromatic heterocycles. The summed E-state index contributed by atoms with van der Waals surface area (Å²) >= 11 is 0. The normalized spacial score (nSPS) is 10.6. The van der Waals surface area contributed by atoms with Gasteiger partial charge in [-0.25, -0.2) is 4.79 Å². The Bertz CT molecular complexity index is 872. The first-order valence-corrected chi connectivity index (χ1v) is 7.01. The van der Waals surface area contributed by atoms with Gasteiger partial charge in [-0.2, -0.15) is 0 Å². The van der Waals surface area contributed by atoms with E-state index in [0.29, 0.717) is 0 Å². The Morgan fingerprint density at radius 3 is 2.68 bits per heavy atom. The summed E-state index contributed by atoms with van der Waals surface area (Å²) in [5.41, 5.74) is 4.91. The Morgan fingerprint density at radius 1 is 1.09 bits per heavy atom. The molecule has 0 spiro atoms. The average molecular weight is 292 g/mol. The van der Waals surface area contributed by atoms with E-state index in [1.54, 1.807) is 18.2 Å². The van der Waals surface area contributed by atoms with Crippen LogP contribution < -0.4 is 5.32 Å². The van der Waals surface area contributed by atoms with Crippen LogP contribution in [0.3, 0.4) is 0 Å². The lowest BCUT2D eigenvalue weighted by molar-refractivity contribution is 0.0697. The number of rotatable bonds is 3. The van der Waals surface area contributed by atoms with E-state index < -0.39 is 5.97 Å². The lowest BCUT2D eigenvalue weighted by Crippen LogP contribution is -1.99. The van der Waals surface area contributed by atoms with Gasteiger partial charge in [0.2, 0.25) is 0 Å². The maximum absolute atomic E-state index is 11.1. The van der Waals surface area contributed by atoms with Gasteiger partial charge in [0.05, 0.1) is 11.1 Å². The van der Waals surface area contributed by atoms with Crippen LogP contribution in [-0.2, 0) is 0 Å². The summed E-state index contributed by atoms with van der Waals surface area (Å²) in [6.07, 6.45) is 0. The largest absolute Gasteiger partial charge is 0.478 e. The number of benzene rings is 2. The molecule has 0 aliphatic heterocycles. The highest BCUT2D eigenvalue weighted by atomic mass is 16.4. The van der Waals surface area contributed by atoms with Gasteiger partial charge in [-0.15, -0.1) is 0 Å². The van der Waals surface area contributed by atoms with Gasteiger partial charge in [-0.1, -0.05) is 17.7 Å². The molecule has 4 nitrogen and oxygen atoms in total. The molecule has 0 aliphatic rings. The third kappa shape index (κ3) is 2.76. The quantitative estimate of drug-likeness (QED) is 0.755. The fraction of sp³-hybridized carbons (Fsp3) is 0.111. The van der Waals surface area contributed by atoms with E-state index in [1.165, 1.54) is 0 Å². The van der Waals surface area contributed by atoms with Crippen molar-refractivity contribution in [2.45, 2.75) is 13.8 Å². The van der Waals surface area contributed by atoms with E-state index in [4.69, 9.17) is 5.11 Å². The smallest absolute Gasteiger partial charge is 0.335 e. The highest BCUT2D eigenvalue weighted by Crippen LogP contribution is 2.27. The Kier molecular flexibility index (Phi) is 3.51. The van der Waals surface area contributed by atoms with E-state index in [-0.39, 0.29) is 5.56 Å². The number of hydrogen-bond donors (Lipinski definition) is 2. The third-order valence-electron chi connectivity index (χ3n) is 3.48. The van der Waals surface area contributed by atoms with Crippen molar-refractivity contribution < 1.29 is 9.90 Å². The summed E-state index contributed by atoms with van der Waals surface area (Å²) in [6.45, 7) is 3.98. The molecule has 2 aromatic carbocycles. The minimum atomic E-state index is -0.935. The van der Waals surface area contributed by atoms with E-state index >= 15 is 0 Å². The number of nitrogens with one attached hydrogen (secondary N) is 1.